The fraction of sp³-hybridized carbons (Fsp3) is 0.152. The maximum Gasteiger partial charge on any atom is 0.132 e. The first kappa shape index (κ1) is 27.9. The van der Waals surface area contributed by atoms with Crippen molar-refractivity contribution in [2.75, 3.05) is 0 Å². The van der Waals surface area contributed by atoms with Crippen molar-refractivity contribution in [2.45, 2.75) is 33.6 Å². The zero-order valence-electron chi connectivity index (χ0n) is 22.3. The summed E-state index contributed by atoms with van der Waals surface area (Å²) in [6.45, 7) is 10.4. The van der Waals surface area contributed by atoms with Crippen molar-refractivity contribution in [1.29, 1.82) is 10.8 Å². The molecule has 0 aliphatic heterocycles. The Bertz CT molecular complexity index is 1420. The van der Waals surface area contributed by atoms with Gasteiger partial charge in [0.15, 0.2) is 0 Å². The zero-order chi connectivity index (χ0) is 27.5. The Morgan fingerprint density at radius 2 is 1.58 bits per heavy atom. The second-order valence-electron chi connectivity index (χ2n) is 9.04. The van der Waals surface area contributed by atoms with Crippen LogP contribution < -0.4 is 5.73 Å². The molecule has 192 valence electrons. The van der Waals surface area contributed by atoms with Crippen LogP contribution in [0.1, 0.15) is 44.7 Å². The minimum absolute atomic E-state index is 0.313. The first-order chi connectivity index (χ1) is 18.4. The van der Waals surface area contributed by atoms with Crippen molar-refractivity contribution in [3.05, 3.63) is 119 Å². The van der Waals surface area contributed by atoms with Crippen molar-refractivity contribution in [2.24, 2.45) is 15.7 Å². The monoisotopic (exact) mass is 501 g/mol. The van der Waals surface area contributed by atoms with E-state index >= 15 is 0 Å². The smallest absolute Gasteiger partial charge is 0.132 e. The number of hydrogen-bond donors (Lipinski definition) is 3. The lowest BCUT2D eigenvalue weighted by Gasteiger charge is -2.18. The molecular formula is C33H35N5. The normalized spacial score (nSPS) is 11.9. The topological polar surface area (TPSA) is 98.4 Å². The number of aliphatic imine (C=N–C) groups is 2. The molecule has 0 saturated heterocycles. The van der Waals surface area contributed by atoms with Crippen LogP contribution in [0, 0.1) is 10.8 Å². The van der Waals surface area contributed by atoms with Gasteiger partial charge in [0.1, 0.15) is 12.2 Å². The van der Waals surface area contributed by atoms with Crippen molar-refractivity contribution in [3.63, 3.8) is 0 Å². The van der Waals surface area contributed by atoms with E-state index in [1.54, 1.807) is 0 Å². The van der Waals surface area contributed by atoms with Gasteiger partial charge in [0.2, 0.25) is 0 Å². The van der Waals surface area contributed by atoms with Gasteiger partial charge in [-0.2, -0.15) is 0 Å². The molecule has 5 heteroatoms. The molecule has 0 unspecified atom stereocenters. The van der Waals surface area contributed by atoms with Crippen LogP contribution in [0.15, 0.2) is 118 Å². The third kappa shape index (κ3) is 6.98. The SMILES string of the molecule is C=C(CCC(C(=N)c1ccccc1)=C(C)C)c1c(N=C(N)/C(C=NC=N)=C/C)cccc1-c1ccccc1. The molecule has 38 heavy (non-hydrogen) atoms. The van der Waals surface area contributed by atoms with Crippen molar-refractivity contribution in [1.82, 2.24) is 0 Å². The number of nitrogens with zero attached hydrogens (tertiary/aromatic N) is 2. The zero-order valence-corrected chi connectivity index (χ0v) is 22.3. The highest BCUT2D eigenvalue weighted by atomic mass is 14.9. The van der Waals surface area contributed by atoms with Crippen LogP contribution in [-0.4, -0.2) is 24.1 Å². The highest BCUT2D eigenvalue weighted by Gasteiger charge is 2.16. The fourth-order valence-electron chi connectivity index (χ4n) is 4.27. The molecule has 3 rings (SSSR count). The van der Waals surface area contributed by atoms with Crippen LogP contribution in [0.25, 0.3) is 16.7 Å². The number of hydrogen-bond acceptors (Lipinski definition) is 3. The molecule has 0 radical (unpaired) electrons. The Morgan fingerprint density at radius 1 is 0.921 bits per heavy atom. The first-order valence-electron chi connectivity index (χ1n) is 12.6. The molecule has 0 amide bonds. The summed E-state index contributed by atoms with van der Waals surface area (Å²) in [7, 11) is 0. The van der Waals surface area contributed by atoms with E-state index in [4.69, 9.17) is 21.5 Å². The van der Waals surface area contributed by atoms with Crippen LogP contribution in [0.3, 0.4) is 0 Å². The number of amidine groups is 1. The number of allylic oxidation sites excluding steroid dienone is 4. The molecule has 0 atom stereocenters. The summed E-state index contributed by atoms with van der Waals surface area (Å²) in [5, 5.41) is 16.0. The fourth-order valence-corrected chi connectivity index (χ4v) is 4.27. The molecule has 0 heterocycles. The Kier molecular flexibility index (Phi) is 10.0. The maximum absolute atomic E-state index is 8.84. The molecule has 0 spiro atoms. The predicted octanol–water partition coefficient (Wildman–Crippen LogP) is 8.16. The number of nitrogens with two attached hydrogens (primary N) is 1. The Hall–Kier alpha value is -4.64. The summed E-state index contributed by atoms with van der Waals surface area (Å²) < 4.78 is 0. The van der Waals surface area contributed by atoms with Gasteiger partial charge in [0.25, 0.3) is 0 Å². The van der Waals surface area contributed by atoms with Crippen LogP contribution in [0.2, 0.25) is 0 Å². The Balaban J connectivity index is 2.03. The summed E-state index contributed by atoms with van der Waals surface area (Å²) in [6, 6.07) is 26.0. The predicted molar refractivity (Wildman–Crippen MR) is 164 cm³/mol. The Labute approximate surface area is 225 Å². The first-order valence-corrected chi connectivity index (χ1v) is 12.6. The van der Waals surface area contributed by atoms with Crippen molar-refractivity contribution >= 4 is 35.4 Å². The van der Waals surface area contributed by atoms with Gasteiger partial charge < -0.3 is 5.73 Å². The summed E-state index contributed by atoms with van der Waals surface area (Å²) >= 11 is 0. The highest BCUT2D eigenvalue weighted by molar-refractivity contribution is 6.16. The van der Waals surface area contributed by atoms with E-state index in [0.29, 0.717) is 35.6 Å². The molecule has 4 N–H and O–H groups in total. The second kappa shape index (κ2) is 13.6. The molecule has 0 aliphatic carbocycles. The third-order valence-corrected chi connectivity index (χ3v) is 6.26. The van der Waals surface area contributed by atoms with E-state index in [1.165, 1.54) is 6.21 Å². The van der Waals surface area contributed by atoms with Gasteiger partial charge in [0.05, 0.1) is 11.4 Å². The van der Waals surface area contributed by atoms with Crippen LogP contribution in [0.4, 0.5) is 5.69 Å². The average Bonchev–Trinajstić information content (AvgIpc) is 2.94. The molecule has 5 nitrogen and oxygen atoms in total. The van der Waals surface area contributed by atoms with Crippen LogP contribution >= 0.6 is 0 Å². The molecule has 0 aromatic heterocycles. The number of nitrogens with one attached hydrogen (secondary N) is 2. The lowest BCUT2D eigenvalue weighted by molar-refractivity contribution is 1.01. The van der Waals surface area contributed by atoms with Crippen LogP contribution in [0.5, 0.6) is 0 Å². The van der Waals surface area contributed by atoms with Gasteiger partial charge in [-0.05, 0) is 67.5 Å². The van der Waals surface area contributed by atoms with Gasteiger partial charge in [-0.3, -0.25) is 10.8 Å². The van der Waals surface area contributed by atoms with Crippen LogP contribution in [-0.2, 0) is 0 Å². The van der Waals surface area contributed by atoms with Gasteiger partial charge in [-0.15, -0.1) is 0 Å². The summed E-state index contributed by atoms with van der Waals surface area (Å²) in [5.41, 5.74) is 15.3. The van der Waals surface area contributed by atoms with Gasteiger partial charge >= 0.3 is 0 Å². The van der Waals surface area contributed by atoms with Gasteiger partial charge in [-0.1, -0.05) is 91.0 Å². The van der Waals surface area contributed by atoms with Crippen molar-refractivity contribution in [3.8, 4) is 11.1 Å². The van der Waals surface area contributed by atoms with E-state index in [-0.39, 0.29) is 0 Å². The van der Waals surface area contributed by atoms with Crippen molar-refractivity contribution < 1.29 is 0 Å². The quantitative estimate of drug-likeness (QED) is 0.179. The molecule has 0 bridgehead atoms. The highest BCUT2D eigenvalue weighted by Crippen LogP contribution is 2.38. The van der Waals surface area contributed by atoms with E-state index in [0.717, 1.165) is 45.3 Å². The van der Waals surface area contributed by atoms with E-state index in [9.17, 15) is 0 Å². The third-order valence-electron chi connectivity index (χ3n) is 6.26. The average molecular weight is 502 g/mol. The minimum atomic E-state index is 0.313. The van der Waals surface area contributed by atoms with Gasteiger partial charge in [0, 0.05) is 17.4 Å². The molecule has 0 saturated carbocycles. The molecular weight excluding hydrogens is 466 g/mol. The van der Waals surface area contributed by atoms with Gasteiger partial charge in [-0.25, -0.2) is 9.98 Å². The summed E-state index contributed by atoms with van der Waals surface area (Å²) in [5.74, 6) is 0.313. The van der Waals surface area contributed by atoms with E-state index in [2.05, 4.69) is 43.6 Å². The number of benzene rings is 3. The number of rotatable bonds is 11. The molecule has 0 fully saturated rings. The van der Waals surface area contributed by atoms with E-state index in [1.807, 2.05) is 73.7 Å². The molecule has 3 aromatic carbocycles. The summed E-state index contributed by atoms with van der Waals surface area (Å²) in [4.78, 5) is 8.66. The largest absolute Gasteiger partial charge is 0.383 e. The lowest BCUT2D eigenvalue weighted by Crippen LogP contribution is -2.15. The Morgan fingerprint density at radius 3 is 2.18 bits per heavy atom. The minimum Gasteiger partial charge on any atom is -0.383 e. The lowest BCUT2D eigenvalue weighted by atomic mass is 9.88. The second-order valence-corrected chi connectivity index (χ2v) is 9.04. The standard InChI is InChI=1S/C33H35N5/c1-5-25(21-37-22-34)33(36)38-30-18-12-17-29(26-13-8-6-9-14-26)31(30)24(4)19-20-28(23(2)3)32(35)27-15-10-7-11-16-27/h5-18,21-22,34-35H,4,19-20H2,1-3H3,(H2,36,38)/b25-5+,34-22?,35-32?,37-21?. The van der Waals surface area contributed by atoms with E-state index < -0.39 is 0 Å². The summed E-state index contributed by atoms with van der Waals surface area (Å²) in [6.07, 6.45) is 5.65. The molecule has 3 aromatic rings. The molecule has 0 aliphatic rings. The maximum atomic E-state index is 8.84.